The van der Waals surface area contributed by atoms with Crippen LogP contribution in [0.4, 0.5) is 4.39 Å². The van der Waals surface area contributed by atoms with Crippen LogP contribution in [0.2, 0.25) is 0 Å². The summed E-state index contributed by atoms with van der Waals surface area (Å²) in [7, 11) is 0. The van der Waals surface area contributed by atoms with Crippen molar-refractivity contribution in [2.45, 2.75) is 64.1 Å². The molecule has 4 rings (SSSR count). The quantitative estimate of drug-likeness (QED) is 0.616. The van der Waals surface area contributed by atoms with Crippen LogP contribution >= 0.6 is 0 Å². The van der Waals surface area contributed by atoms with Crippen molar-refractivity contribution in [3.63, 3.8) is 0 Å². The molecule has 152 valence electrons. The van der Waals surface area contributed by atoms with Gasteiger partial charge in [-0.3, -0.25) is 0 Å². The summed E-state index contributed by atoms with van der Waals surface area (Å²) in [6.07, 6.45) is 9.17. The summed E-state index contributed by atoms with van der Waals surface area (Å²) < 4.78 is 13.2. The lowest BCUT2D eigenvalue weighted by molar-refractivity contribution is 0.387. The predicted molar refractivity (Wildman–Crippen MR) is 114 cm³/mol. The topological polar surface area (TPSA) is 42.7 Å². The van der Waals surface area contributed by atoms with Crippen LogP contribution < -0.4 is 5.32 Å². The average molecular weight is 393 g/mol. The lowest BCUT2D eigenvalue weighted by Crippen LogP contribution is -2.29. The van der Waals surface area contributed by atoms with E-state index >= 15 is 0 Å². The molecule has 1 saturated carbocycles. The van der Waals surface area contributed by atoms with Gasteiger partial charge in [-0.2, -0.15) is 15.0 Å². The summed E-state index contributed by atoms with van der Waals surface area (Å²) in [5.74, 6) is -0.226. The first-order valence-electron chi connectivity index (χ1n) is 10.8. The van der Waals surface area contributed by atoms with Gasteiger partial charge in [0, 0.05) is 18.2 Å². The maximum absolute atomic E-state index is 13.2. The van der Waals surface area contributed by atoms with Crippen LogP contribution in [0.15, 0.2) is 54.6 Å². The molecule has 2 aromatic carbocycles. The van der Waals surface area contributed by atoms with Crippen molar-refractivity contribution >= 4 is 0 Å². The molecule has 1 fully saturated rings. The molecule has 1 aliphatic rings. The summed E-state index contributed by atoms with van der Waals surface area (Å²) in [5.41, 5.74) is 3.96. The number of nitrogens with zero attached hydrogens (tertiary/aromatic N) is 3. The summed E-state index contributed by atoms with van der Waals surface area (Å²) >= 11 is 0. The van der Waals surface area contributed by atoms with Crippen LogP contribution in [0.25, 0.3) is 11.3 Å². The summed E-state index contributed by atoms with van der Waals surface area (Å²) in [6.45, 7) is 1.25. The van der Waals surface area contributed by atoms with Crippen molar-refractivity contribution in [2.24, 2.45) is 0 Å². The molecule has 29 heavy (non-hydrogen) atoms. The van der Waals surface area contributed by atoms with E-state index in [1.54, 1.807) is 16.9 Å². The summed E-state index contributed by atoms with van der Waals surface area (Å²) in [6, 6.07) is 17.3. The van der Waals surface area contributed by atoms with Gasteiger partial charge in [0.05, 0.1) is 6.54 Å². The molecule has 0 amide bonds. The van der Waals surface area contributed by atoms with Crippen LogP contribution in [0.3, 0.4) is 0 Å². The van der Waals surface area contributed by atoms with Gasteiger partial charge in [0.25, 0.3) is 0 Å². The van der Waals surface area contributed by atoms with Gasteiger partial charge in [-0.05, 0) is 30.5 Å². The van der Waals surface area contributed by atoms with E-state index in [2.05, 4.69) is 17.4 Å². The summed E-state index contributed by atoms with van der Waals surface area (Å²) in [4.78, 5) is 1.73. The number of hydrogen-bond donors (Lipinski definition) is 1. The zero-order chi connectivity index (χ0) is 19.9. The fourth-order valence-corrected chi connectivity index (χ4v) is 4.05. The Kier molecular flexibility index (Phi) is 6.67. The van der Waals surface area contributed by atoms with Crippen molar-refractivity contribution in [1.82, 2.24) is 20.3 Å². The van der Waals surface area contributed by atoms with Gasteiger partial charge < -0.3 is 5.32 Å². The molecule has 0 spiro atoms. The number of nitrogens with one attached hydrogen (secondary N) is 1. The van der Waals surface area contributed by atoms with Crippen molar-refractivity contribution in [2.75, 3.05) is 0 Å². The van der Waals surface area contributed by atoms with Crippen molar-refractivity contribution in [3.8, 4) is 11.3 Å². The minimum atomic E-state index is -0.226. The fourth-order valence-electron chi connectivity index (χ4n) is 4.05. The van der Waals surface area contributed by atoms with Gasteiger partial charge in [-0.1, -0.05) is 74.6 Å². The third-order valence-electron chi connectivity index (χ3n) is 5.67. The third kappa shape index (κ3) is 5.51. The number of benzene rings is 2. The molecule has 0 unspecified atom stereocenters. The number of aromatic nitrogens is 3. The van der Waals surface area contributed by atoms with Crippen molar-refractivity contribution in [3.05, 3.63) is 71.7 Å². The van der Waals surface area contributed by atoms with E-state index < -0.39 is 0 Å². The van der Waals surface area contributed by atoms with Crippen LogP contribution in [0.5, 0.6) is 0 Å². The van der Waals surface area contributed by atoms with E-state index in [1.165, 1.54) is 57.1 Å². The maximum Gasteiger partial charge on any atom is 0.123 e. The molecule has 1 N–H and O–H groups in total. The molecule has 1 heterocycles. The standard InChI is InChI=1S/C24H29FN4/c25-21-15-13-19(14-16-21)18-29-27-23(24(28-29)20-9-5-4-6-10-20)17-26-22-11-7-2-1-3-8-12-22/h4-6,9-10,13-16,22,26H,1-3,7-8,11-12,17-18H2. The second-order valence-electron chi connectivity index (χ2n) is 7.94. The smallest absolute Gasteiger partial charge is 0.123 e. The average Bonchev–Trinajstić information content (AvgIpc) is 3.12. The maximum atomic E-state index is 13.2. The number of rotatable bonds is 6. The van der Waals surface area contributed by atoms with Crippen LogP contribution in [0.1, 0.15) is 56.2 Å². The monoisotopic (exact) mass is 392 g/mol. The van der Waals surface area contributed by atoms with Gasteiger partial charge in [0.2, 0.25) is 0 Å². The van der Waals surface area contributed by atoms with E-state index in [0.29, 0.717) is 12.6 Å². The molecule has 3 aromatic rings. The first-order valence-corrected chi connectivity index (χ1v) is 10.8. The first-order chi connectivity index (χ1) is 14.3. The van der Waals surface area contributed by atoms with Crippen molar-refractivity contribution in [1.29, 1.82) is 0 Å². The largest absolute Gasteiger partial charge is 0.308 e. The molecule has 0 aliphatic heterocycles. The Hall–Kier alpha value is -2.53. The Labute approximate surface area is 172 Å². The fraction of sp³-hybridized carbons (Fsp3) is 0.417. The van der Waals surface area contributed by atoms with E-state index in [4.69, 9.17) is 10.2 Å². The highest BCUT2D eigenvalue weighted by atomic mass is 19.1. The minimum absolute atomic E-state index is 0.226. The molecule has 4 nitrogen and oxygen atoms in total. The van der Waals surface area contributed by atoms with Gasteiger partial charge in [-0.15, -0.1) is 0 Å². The molecular formula is C24H29FN4. The van der Waals surface area contributed by atoms with E-state index in [9.17, 15) is 4.39 Å². The zero-order valence-corrected chi connectivity index (χ0v) is 16.9. The minimum Gasteiger partial charge on any atom is -0.308 e. The Bertz CT molecular complexity index is 881. The molecule has 1 aliphatic carbocycles. The molecule has 0 saturated heterocycles. The molecule has 5 heteroatoms. The second-order valence-corrected chi connectivity index (χ2v) is 7.94. The van der Waals surface area contributed by atoms with Crippen LogP contribution in [-0.2, 0) is 13.1 Å². The van der Waals surface area contributed by atoms with Crippen molar-refractivity contribution < 1.29 is 4.39 Å². The highest BCUT2D eigenvalue weighted by Gasteiger charge is 2.16. The normalized spacial score (nSPS) is 15.8. The Morgan fingerprint density at radius 3 is 2.28 bits per heavy atom. The highest BCUT2D eigenvalue weighted by Crippen LogP contribution is 2.22. The van der Waals surface area contributed by atoms with E-state index in [1.807, 2.05) is 18.2 Å². The number of halogens is 1. The predicted octanol–water partition coefficient (Wildman–Crippen LogP) is 5.34. The molecule has 1 aromatic heterocycles. The molecular weight excluding hydrogens is 363 g/mol. The van der Waals surface area contributed by atoms with E-state index in [-0.39, 0.29) is 5.82 Å². The lowest BCUT2D eigenvalue weighted by atomic mass is 9.96. The van der Waals surface area contributed by atoms with Gasteiger partial charge in [0.15, 0.2) is 0 Å². The second kappa shape index (κ2) is 9.79. The van der Waals surface area contributed by atoms with Gasteiger partial charge in [0.1, 0.15) is 17.2 Å². The van der Waals surface area contributed by atoms with E-state index in [0.717, 1.165) is 29.1 Å². The lowest BCUT2D eigenvalue weighted by Gasteiger charge is -2.20. The Morgan fingerprint density at radius 2 is 1.55 bits per heavy atom. The van der Waals surface area contributed by atoms with Crippen LogP contribution in [-0.4, -0.2) is 21.0 Å². The Morgan fingerprint density at radius 1 is 0.862 bits per heavy atom. The first kappa shape index (κ1) is 19.8. The van der Waals surface area contributed by atoms with Crippen LogP contribution in [0, 0.1) is 5.82 Å². The van der Waals surface area contributed by atoms with Gasteiger partial charge in [-0.25, -0.2) is 4.39 Å². The third-order valence-corrected chi connectivity index (χ3v) is 5.67. The molecule has 0 radical (unpaired) electrons. The number of hydrogen-bond acceptors (Lipinski definition) is 3. The zero-order valence-electron chi connectivity index (χ0n) is 16.9. The highest BCUT2D eigenvalue weighted by molar-refractivity contribution is 5.60. The van der Waals surface area contributed by atoms with Gasteiger partial charge >= 0.3 is 0 Å². The Balaban J connectivity index is 1.52. The molecule has 0 bridgehead atoms. The molecule has 0 atom stereocenters. The summed E-state index contributed by atoms with van der Waals surface area (Å²) in [5, 5.41) is 13.3. The SMILES string of the molecule is Fc1ccc(Cn2nc(CNC3CCCCCCC3)c(-c3ccccc3)n2)cc1.